The lowest BCUT2D eigenvalue weighted by Gasteiger charge is -2.09. The van der Waals surface area contributed by atoms with Crippen LogP contribution in [-0.4, -0.2) is 26.5 Å². The molecule has 0 saturated heterocycles. The fourth-order valence-corrected chi connectivity index (χ4v) is 1.66. The summed E-state index contributed by atoms with van der Waals surface area (Å²) in [4.78, 5) is 11.6. The molecule has 0 fully saturated rings. The third kappa shape index (κ3) is 3.35. The predicted octanol–water partition coefficient (Wildman–Crippen LogP) is 1.59. The van der Waals surface area contributed by atoms with Crippen molar-refractivity contribution in [2.75, 3.05) is 20.7 Å². The summed E-state index contributed by atoms with van der Waals surface area (Å²) in [6.07, 6.45) is 1.40. The minimum Gasteiger partial charge on any atom is -0.496 e. The number of benzene rings is 1. The number of carbonyl (C=O) groups excluding carboxylic acids is 1. The Kier molecular flexibility index (Phi) is 4.99. The Morgan fingerprint density at radius 1 is 1.44 bits per heavy atom. The van der Waals surface area contributed by atoms with Crippen molar-refractivity contribution in [3.63, 3.8) is 0 Å². The summed E-state index contributed by atoms with van der Waals surface area (Å²) in [5, 5.41) is 2.86. The molecule has 0 radical (unpaired) electrons. The summed E-state index contributed by atoms with van der Waals surface area (Å²) < 4.78 is 5.25. The van der Waals surface area contributed by atoms with Crippen molar-refractivity contribution < 1.29 is 9.53 Å². The molecule has 1 rings (SSSR count). The monoisotopic (exact) mass is 221 g/mol. The predicted molar refractivity (Wildman–Crippen MR) is 65.0 cm³/mol. The van der Waals surface area contributed by atoms with Gasteiger partial charge in [-0.15, -0.1) is 0 Å². The molecule has 1 N–H and O–H groups in total. The maximum absolute atomic E-state index is 11.6. The molecule has 1 aromatic carbocycles. The molecule has 0 unspecified atom stereocenters. The first-order chi connectivity index (χ1) is 7.71. The average molecular weight is 221 g/mol. The Morgan fingerprint density at radius 3 is 2.75 bits per heavy atom. The molecule has 0 heterocycles. The number of rotatable bonds is 6. The second-order valence-electron chi connectivity index (χ2n) is 3.75. The van der Waals surface area contributed by atoms with Gasteiger partial charge in [0, 0.05) is 12.0 Å². The normalized spacial score (nSPS) is 10.2. The van der Waals surface area contributed by atoms with E-state index in [-0.39, 0.29) is 5.78 Å². The van der Waals surface area contributed by atoms with Crippen LogP contribution < -0.4 is 10.1 Å². The number of nitrogens with one attached hydrogen (secondary N) is 1. The molecule has 3 nitrogen and oxygen atoms in total. The van der Waals surface area contributed by atoms with Crippen LogP contribution in [0, 0.1) is 0 Å². The quantitative estimate of drug-likeness (QED) is 0.792. The maximum Gasteiger partial charge on any atom is 0.151 e. The van der Waals surface area contributed by atoms with Gasteiger partial charge in [0.05, 0.1) is 13.7 Å². The SMILES string of the molecule is CCc1ccc(OC)c(CC(=O)CNC)c1. The average Bonchev–Trinajstić information content (AvgIpc) is 2.29. The summed E-state index contributed by atoms with van der Waals surface area (Å²) in [5.41, 5.74) is 2.20. The van der Waals surface area contributed by atoms with E-state index in [1.54, 1.807) is 14.2 Å². The fraction of sp³-hybridized carbons (Fsp3) is 0.462. The molecular formula is C13H19NO2. The highest BCUT2D eigenvalue weighted by atomic mass is 16.5. The number of hydrogen-bond donors (Lipinski definition) is 1. The molecule has 0 aromatic heterocycles. The van der Waals surface area contributed by atoms with Gasteiger partial charge in [0.2, 0.25) is 0 Å². The first-order valence-electron chi connectivity index (χ1n) is 5.53. The van der Waals surface area contributed by atoms with Gasteiger partial charge in [-0.05, 0) is 25.1 Å². The van der Waals surface area contributed by atoms with Crippen LogP contribution >= 0.6 is 0 Å². The second kappa shape index (κ2) is 6.28. The molecule has 3 heteroatoms. The van der Waals surface area contributed by atoms with Crippen molar-refractivity contribution in [1.29, 1.82) is 0 Å². The number of ether oxygens (including phenoxy) is 1. The first-order valence-corrected chi connectivity index (χ1v) is 5.53. The molecule has 0 saturated carbocycles. The van der Waals surface area contributed by atoms with Crippen molar-refractivity contribution in [2.24, 2.45) is 0 Å². The van der Waals surface area contributed by atoms with Gasteiger partial charge in [-0.1, -0.05) is 19.1 Å². The van der Waals surface area contributed by atoms with E-state index in [0.717, 1.165) is 17.7 Å². The summed E-state index contributed by atoms with van der Waals surface area (Å²) >= 11 is 0. The topological polar surface area (TPSA) is 38.3 Å². The second-order valence-corrected chi connectivity index (χ2v) is 3.75. The molecule has 0 amide bonds. The van der Waals surface area contributed by atoms with E-state index in [0.29, 0.717) is 13.0 Å². The zero-order valence-electron chi connectivity index (χ0n) is 10.2. The third-order valence-electron chi connectivity index (χ3n) is 2.51. The van der Waals surface area contributed by atoms with Gasteiger partial charge in [0.15, 0.2) is 5.78 Å². The summed E-state index contributed by atoms with van der Waals surface area (Å²) in [5.74, 6) is 0.968. The highest BCUT2D eigenvalue weighted by Crippen LogP contribution is 2.20. The number of Topliss-reactive ketones (excluding diaryl/α,β-unsaturated/α-hetero) is 1. The molecule has 0 atom stereocenters. The number of aryl methyl sites for hydroxylation is 1. The van der Waals surface area contributed by atoms with Crippen LogP contribution in [0.5, 0.6) is 5.75 Å². The van der Waals surface area contributed by atoms with Crippen molar-refractivity contribution in [2.45, 2.75) is 19.8 Å². The van der Waals surface area contributed by atoms with Crippen molar-refractivity contribution in [3.05, 3.63) is 29.3 Å². The van der Waals surface area contributed by atoms with Gasteiger partial charge in [0.1, 0.15) is 5.75 Å². The van der Waals surface area contributed by atoms with Gasteiger partial charge in [-0.3, -0.25) is 4.79 Å². The molecule has 1 aromatic rings. The number of methoxy groups -OCH3 is 1. The minimum absolute atomic E-state index is 0.175. The molecule has 0 aliphatic rings. The minimum atomic E-state index is 0.175. The van der Waals surface area contributed by atoms with Crippen LogP contribution in [0.3, 0.4) is 0 Å². The molecule has 16 heavy (non-hydrogen) atoms. The lowest BCUT2D eigenvalue weighted by molar-refractivity contribution is -0.117. The van der Waals surface area contributed by atoms with Gasteiger partial charge in [-0.25, -0.2) is 0 Å². The van der Waals surface area contributed by atoms with E-state index in [2.05, 4.69) is 12.2 Å². The molecule has 88 valence electrons. The highest BCUT2D eigenvalue weighted by molar-refractivity contribution is 5.83. The van der Waals surface area contributed by atoms with Gasteiger partial charge in [0.25, 0.3) is 0 Å². The largest absolute Gasteiger partial charge is 0.496 e. The van der Waals surface area contributed by atoms with Gasteiger partial charge in [-0.2, -0.15) is 0 Å². The number of likely N-dealkylation sites (N-methyl/N-ethyl adjacent to an activating group) is 1. The first kappa shape index (κ1) is 12.7. The Morgan fingerprint density at radius 2 is 2.19 bits per heavy atom. The Hall–Kier alpha value is -1.35. The molecular weight excluding hydrogens is 202 g/mol. The standard InChI is InChI=1S/C13H19NO2/c1-4-10-5-6-13(16-3)11(7-10)8-12(15)9-14-2/h5-7,14H,4,8-9H2,1-3H3. The van der Waals surface area contributed by atoms with E-state index in [9.17, 15) is 4.79 Å². The van der Waals surface area contributed by atoms with E-state index < -0.39 is 0 Å². The van der Waals surface area contributed by atoms with Crippen molar-refractivity contribution in [1.82, 2.24) is 5.32 Å². The zero-order chi connectivity index (χ0) is 12.0. The summed E-state index contributed by atoms with van der Waals surface area (Å²) in [7, 11) is 3.41. The summed E-state index contributed by atoms with van der Waals surface area (Å²) in [6, 6.07) is 6.01. The molecule has 0 bridgehead atoms. The fourth-order valence-electron chi connectivity index (χ4n) is 1.66. The lowest BCUT2D eigenvalue weighted by atomic mass is 10.0. The van der Waals surface area contributed by atoms with Crippen LogP contribution in [0.2, 0.25) is 0 Å². The maximum atomic E-state index is 11.6. The Bertz CT molecular complexity index is 361. The van der Waals surface area contributed by atoms with Crippen LogP contribution in [0.1, 0.15) is 18.1 Å². The molecule has 0 aliphatic carbocycles. The summed E-state index contributed by atoms with van der Waals surface area (Å²) in [6.45, 7) is 2.50. The smallest absolute Gasteiger partial charge is 0.151 e. The Balaban J connectivity index is 2.86. The van der Waals surface area contributed by atoms with E-state index in [4.69, 9.17) is 4.74 Å². The van der Waals surface area contributed by atoms with Gasteiger partial charge < -0.3 is 10.1 Å². The van der Waals surface area contributed by atoms with Crippen LogP contribution in [0.25, 0.3) is 0 Å². The zero-order valence-corrected chi connectivity index (χ0v) is 10.2. The molecule has 0 spiro atoms. The van der Waals surface area contributed by atoms with E-state index in [1.807, 2.05) is 18.2 Å². The molecule has 0 aliphatic heterocycles. The van der Waals surface area contributed by atoms with E-state index >= 15 is 0 Å². The van der Waals surface area contributed by atoms with Crippen molar-refractivity contribution in [3.8, 4) is 5.75 Å². The van der Waals surface area contributed by atoms with Crippen molar-refractivity contribution >= 4 is 5.78 Å². The highest BCUT2D eigenvalue weighted by Gasteiger charge is 2.08. The van der Waals surface area contributed by atoms with Crippen LogP contribution in [0.15, 0.2) is 18.2 Å². The van der Waals surface area contributed by atoms with Crippen LogP contribution in [-0.2, 0) is 17.6 Å². The van der Waals surface area contributed by atoms with E-state index in [1.165, 1.54) is 5.56 Å². The Labute approximate surface area is 96.8 Å². The number of carbonyl (C=O) groups is 1. The third-order valence-corrected chi connectivity index (χ3v) is 2.51. The number of ketones is 1. The van der Waals surface area contributed by atoms with Crippen LogP contribution in [0.4, 0.5) is 0 Å². The van der Waals surface area contributed by atoms with Gasteiger partial charge >= 0.3 is 0 Å². The lowest BCUT2D eigenvalue weighted by Crippen LogP contribution is -2.20. The number of hydrogen-bond acceptors (Lipinski definition) is 3.